The molecule has 1 amide bonds. The molecule has 1 aromatic rings. The highest BCUT2D eigenvalue weighted by Crippen LogP contribution is 2.22. The number of amides is 1. The second-order valence-corrected chi connectivity index (χ2v) is 5.85. The highest BCUT2D eigenvalue weighted by molar-refractivity contribution is 5.96. The summed E-state index contributed by atoms with van der Waals surface area (Å²) in [6.45, 7) is 6.58. The summed E-state index contributed by atoms with van der Waals surface area (Å²) in [6.07, 6.45) is 0. The van der Waals surface area contributed by atoms with Gasteiger partial charge in [-0.05, 0) is 39.1 Å². The minimum atomic E-state index is -0.0141. The number of carbonyl (C=O) groups excluding carboxylic acids is 1. The molecule has 0 saturated carbocycles. The third-order valence-electron chi connectivity index (χ3n) is 3.83. The van der Waals surface area contributed by atoms with E-state index in [0.717, 1.165) is 13.1 Å². The van der Waals surface area contributed by atoms with E-state index in [1.54, 1.807) is 18.2 Å². The topological polar surface area (TPSA) is 75.6 Å². The average molecular weight is 262 g/mol. The summed E-state index contributed by atoms with van der Waals surface area (Å²) in [7, 11) is 2.08. The van der Waals surface area contributed by atoms with Crippen LogP contribution in [-0.4, -0.2) is 47.9 Å². The second kappa shape index (κ2) is 4.74. The third kappa shape index (κ3) is 2.81. The molecule has 2 rings (SSSR count). The Morgan fingerprint density at radius 1 is 1.16 bits per heavy atom. The van der Waals surface area contributed by atoms with Crippen LogP contribution in [0.2, 0.25) is 0 Å². The van der Waals surface area contributed by atoms with Crippen LogP contribution in [0.15, 0.2) is 18.2 Å². The Bertz CT molecular complexity index is 478. The summed E-state index contributed by atoms with van der Waals surface area (Å²) >= 11 is 0. The molecule has 1 aromatic carbocycles. The first kappa shape index (κ1) is 13.7. The van der Waals surface area contributed by atoms with Gasteiger partial charge in [0, 0.05) is 42.1 Å². The lowest BCUT2D eigenvalue weighted by Gasteiger charge is -2.45. The fraction of sp³-hybridized carbons (Fsp3) is 0.500. The van der Waals surface area contributed by atoms with Crippen molar-refractivity contribution >= 4 is 17.3 Å². The summed E-state index contributed by atoms with van der Waals surface area (Å²) in [5.74, 6) is 0.000162. The first-order valence-corrected chi connectivity index (χ1v) is 6.46. The molecule has 1 aliphatic heterocycles. The van der Waals surface area contributed by atoms with Gasteiger partial charge < -0.3 is 16.4 Å². The van der Waals surface area contributed by atoms with Crippen molar-refractivity contribution in [3.05, 3.63) is 23.8 Å². The minimum absolute atomic E-state index is 0.000162. The van der Waals surface area contributed by atoms with E-state index in [9.17, 15) is 4.79 Å². The molecule has 5 nitrogen and oxygen atoms in total. The van der Waals surface area contributed by atoms with Gasteiger partial charge in [-0.3, -0.25) is 9.69 Å². The molecule has 19 heavy (non-hydrogen) atoms. The zero-order valence-corrected chi connectivity index (χ0v) is 11.8. The Balaban J connectivity index is 2.20. The van der Waals surface area contributed by atoms with Crippen LogP contribution >= 0.6 is 0 Å². The molecule has 1 heterocycles. The molecule has 0 unspecified atom stereocenters. The van der Waals surface area contributed by atoms with Gasteiger partial charge in [-0.1, -0.05) is 0 Å². The van der Waals surface area contributed by atoms with Crippen LogP contribution in [0.1, 0.15) is 24.2 Å². The van der Waals surface area contributed by atoms with Gasteiger partial charge in [0.15, 0.2) is 0 Å². The Labute approximate surface area is 114 Å². The zero-order chi connectivity index (χ0) is 14.2. The van der Waals surface area contributed by atoms with E-state index in [0.29, 0.717) is 23.5 Å². The number of hydrogen-bond acceptors (Lipinski definition) is 4. The number of hydrogen-bond donors (Lipinski definition) is 2. The third-order valence-corrected chi connectivity index (χ3v) is 3.83. The maximum Gasteiger partial charge on any atom is 0.254 e. The standard InChI is InChI=1S/C14H22N4O/c1-14(2)9-18(5-4-17(14)3)13(19)10-6-11(15)8-12(16)7-10/h6-8H,4-5,9,15-16H2,1-3H3. The number of nitrogens with two attached hydrogens (primary N) is 2. The number of piperazine rings is 1. The van der Waals surface area contributed by atoms with E-state index in [1.165, 1.54) is 0 Å². The van der Waals surface area contributed by atoms with E-state index in [4.69, 9.17) is 11.5 Å². The molecule has 104 valence electrons. The summed E-state index contributed by atoms with van der Waals surface area (Å²) in [6, 6.07) is 5.03. The molecule has 1 fully saturated rings. The molecular formula is C14H22N4O. The van der Waals surface area contributed by atoms with Gasteiger partial charge in [-0.15, -0.1) is 0 Å². The number of rotatable bonds is 1. The Hall–Kier alpha value is -1.75. The van der Waals surface area contributed by atoms with Gasteiger partial charge in [0.05, 0.1) is 0 Å². The van der Waals surface area contributed by atoms with Crippen molar-refractivity contribution in [3.63, 3.8) is 0 Å². The lowest BCUT2D eigenvalue weighted by Crippen LogP contribution is -2.58. The van der Waals surface area contributed by atoms with Crippen LogP contribution in [0.4, 0.5) is 11.4 Å². The first-order chi connectivity index (χ1) is 8.79. The van der Waals surface area contributed by atoms with Gasteiger partial charge in [0.25, 0.3) is 5.91 Å². The monoisotopic (exact) mass is 262 g/mol. The predicted molar refractivity (Wildman–Crippen MR) is 77.9 cm³/mol. The molecule has 0 atom stereocenters. The second-order valence-electron chi connectivity index (χ2n) is 5.85. The molecule has 0 radical (unpaired) electrons. The quantitative estimate of drug-likeness (QED) is 0.741. The van der Waals surface area contributed by atoms with Gasteiger partial charge >= 0.3 is 0 Å². The zero-order valence-electron chi connectivity index (χ0n) is 11.8. The normalized spacial score (nSPS) is 19.4. The number of nitrogens with zero attached hydrogens (tertiary/aromatic N) is 2. The number of nitrogen functional groups attached to an aromatic ring is 2. The van der Waals surface area contributed by atoms with Gasteiger partial charge in [0.2, 0.25) is 0 Å². The van der Waals surface area contributed by atoms with Gasteiger partial charge in [0.1, 0.15) is 0 Å². The predicted octanol–water partition coefficient (Wildman–Crippen LogP) is 1.02. The molecular weight excluding hydrogens is 240 g/mol. The summed E-state index contributed by atoms with van der Waals surface area (Å²) in [5, 5.41) is 0. The van der Waals surface area contributed by atoms with Crippen LogP contribution < -0.4 is 11.5 Å². The molecule has 1 saturated heterocycles. The average Bonchev–Trinajstić information content (AvgIpc) is 2.30. The van der Waals surface area contributed by atoms with Crippen LogP contribution in [-0.2, 0) is 0 Å². The minimum Gasteiger partial charge on any atom is -0.399 e. The van der Waals surface area contributed by atoms with Gasteiger partial charge in [-0.25, -0.2) is 0 Å². The lowest BCUT2D eigenvalue weighted by atomic mass is 9.99. The lowest BCUT2D eigenvalue weighted by molar-refractivity contribution is 0.0311. The first-order valence-electron chi connectivity index (χ1n) is 6.46. The van der Waals surface area contributed by atoms with E-state index in [2.05, 4.69) is 25.8 Å². The van der Waals surface area contributed by atoms with Crippen LogP contribution in [0.25, 0.3) is 0 Å². The van der Waals surface area contributed by atoms with Crippen LogP contribution in [0, 0.1) is 0 Å². The maximum absolute atomic E-state index is 12.5. The Morgan fingerprint density at radius 2 is 1.74 bits per heavy atom. The molecule has 0 spiro atoms. The van der Waals surface area contributed by atoms with E-state index in [-0.39, 0.29) is 11.4 Å². The molecule has 5 heteroatoms. The van der Waals surface area contributed by atoms with Gasteiger partial charge in [-0.2, -0.15) is 0 Å². The largest absolute Gasteiger partial charge is 0.399 e. The van der Waals surface area contributed by atoms with E-state index in [1.807, 2.05) is 4.90 Å². The smallest absolute Gasteiger partial charge is 0.254 e. The van der Waals surface area contributed by atoms with Crippen molar-refractivity contribution in [2.45, 2.75) is 19.4 Å². The maximum atomic E-state index is 12.5. The number of carbonyl (C=O) groups is 1. The van der Waals surface area contributed by atoms with Crippen molar-refractivity contribution in [1.29, 1.82) is 0 Å². The highest BCUT2D eigenvalue weighted by atomic mass is 16.2. The van der Waals surface area contributed by atoms with E-state index >= 15 is 0 Å². The summed E-state index contributed by atoms with van der Waals surface area (Å²) < 4.78 is 0. The fourth-order valence-electron chi connectivity index (χ4n) is 2.40. The van der Waals surface area contributed by atoms with Crippen molar-refractivity contribution in [3.8, 4) is 0 Å². The van der Waals surface area contributed by atoms with Crippen molar-refractivity contribution in [2.75, 3.05) is 38.1 Å². The van der Waals surface area contributed by atoms with E-state index < -0.39 is 0 Å². The summed E-state index contributed by atoms with van der Waals surface area (Å²) in [5.41, 5.74) is 13.1. The van der Waals surface area contributed by atoms with Crippen molar-refractivity contribution in [2.24, 2.45) is 0 Å². The van der Waals surface area contributed by atoms with Crippen LogP contribution in [0.5, 0.6) is 0 Å². The number of likely N-dealkylation sites (N-methyl/N-ethyl adjacent to an activating group) is 1. The Morgan fingerprint density at radius 3 is 2.26 bits per heavy atom. The fourth-order valence-corrected chi connectivity index (χ4v) is 2.40. The van der Waals surface area contributed by atoms with Crippen LogP contribution in [0.3, 0.4) is 0 Å². The number of anilines is 2. The highest BCUT2D eigenvalue weighted by Gasteiger charge is 2.33. The molecule has 0 aromatic heterocycles. The number of benzene rings is 1. The Kier molecular flexibility index (Phi) is 3.41. The van der Waals surface area contributed by atoms with Crippen molar-refractivity contribution in [1.82, 2.24) is 9.80 Å². The molecule has 1 aliphatic rings. The molecule has 4 N–H and O–H groups in total. The van der Waals surface area contributed by atoms with Crippen molar-refractivity contribution < 1.29 is 4.79 Å². The molecule has 0 aliphatic carbocycles. The SMILES string of the molecule is CN1CCN(C(=O)c2cc(N)cc(N)c2)CC1(C)C. The summed E-state index contributed by atoms with van der Waals surface area (Å²) in [4.78, 5) is 16.6. The molecule has 0 bridgehead atoms.